The third kappa shape index (κ3) is 5.42. The number of hydrogen-bond acceptors (Lipinski definition) is 8. The van der Waals surface area contributed by atoms with Crippen molar-refractivity contribution >= 4 is 23.8 Å². The van der Waals surface area contributed by atoms with Gasteiger partial charge in [0.2, 0.25) is 0 Å². The van der Waals surface area contributed by atoms with Gasteiger partial charge in [-0.05, 0) is 81.9 Å². The molecule has 6 aliphatic heterocycles. The van der Waals surface area contributed by atoms with Crippen molar-refractivity contribution in [2.24, 2.45) is 23.7 Å². The lowest BCUT2D eigenvalue weighted by atomic mass is 9.75. The van der Waals surface area contributed by atoms with Crippen molar-refractivity contribution in [1.29, 1.82) is 0 Å². The van der Waals surface area contributed by atoms with Gasteiger partial charge in [0.05, 0.1) is 14.2 Å². The first-order valence-electron chi connectivity index (χ1n) is 13.7. The van der Waals surface area contributed by atoms with E-state index in [1.54, 1.807) is 18.2 Å². The number of piperidine rings is 6. The molecule has 38 heavy (non-hydrogen) atoms. The molecular weight excluding hydrogens is 488 g/mol. The number of rotatable bonds is 8. The monoisotopic (exact) mass is 526 g/mol. The standard InChI is InChI=1S/C28H38N4O6/c1-37-27(35)23(21-15-31-10-6-17(21)7-11-31)29-25(33)19-4-3-5-20(14-19)26(34)30-24(28(36)38-2)22-16-32-12-8-18(22)9-13-32/h3-5,14,17-18,21-24H,6-13,15-16H2,1-2H3,(H,29,33)(H,30,34)/t21-,22-,23?,24?/m1/s1. The Bertz CT molecular complexity index is 984. The van der Waals surface area contributed by atoms with Crippen molar-refractivity contribution in [3.8, 4) is 0 Å². The second-order valence-corrected chi connectivity index (χ2v) is 11.1. The highest BCUT2D eigenvalue weighted by atomic mass is 16.5. The lowest BCUT2D eigenvalue weighted by Gasteiger charge is -2.47. The fraction of sp³-hybridized carbons (Fsp3) is 0.643. The fourth-order valence-corrected chi connectivity index (χ4v) is 6.96. The van der Waals surface area contributed by atoms with E-state index in [1.165, 1.54) is 20.3 Å². The average molecular weight is 527 g/mol. The maximum absolute atomic E-state index is 13.3. The first kappa shape index (κ1) is 26.6. The normalized spacial score (nSPS) is 31.1. The Labute approximate surface area is 223 Å². The van der Waals surface area contributed by atoms with Crippen LogP contribution in [0.1, 0.15) is 46.4 Å². The van der Waals surface area contributed by atoms with Crippen LogP contribution < -0.4 is 10.6 Å². The summed E-state index contributed by atoms with van der Waals surface area (Å²) in [5.41, 5.74) is 0.538. The van der Waals surface area contributed by atoms with Crippen molar-refractivity contribution in [2.75, 3.05) is 53.5 Å². The number of carbonyl (C=O) groups excluding carboxylic acids is 4. The number of nitrogens with one attached hydrogen (secondary N) is 2. The van der Waals surface area contributed by atoms with Crippen molar-refractivity contribution in [3.05, 3.63) is 35.4 Å². The molecule has 6 saturated heterocycles. The van der Waals surface area contributed by atoms with E-state index >= 15 is 0 Å². The fourth-order valence-electron chi connectivity index (χ4n) is 6.96. The molecule has 7 rings (SSSR count). The number of esters is 2. The molecule has 6 heterocycles. The summed E-state index contributed by atoms with van der Waals surface area (Å²) in [5, 5.41) is 5.78. The quantitative estimate of drug-likeness (QED) is 0.480. The number of fused-ring (bicyclic) bond motifs is 6. The lowest BCUT2D eigenvalue weighted by Crippen LogP contribution is -2.58. The Morgan fingerprint density at radius 2 is 1.13 bits per heavy atom. The van der Waals surface area contributed by atoms with Crippen LogP contribution in [0.15, 0.2) is 24.3 Å². The van der Waals surface area contributed by atoms with E-state index in [1.807, 2.05) is 0 Å². The molecule has 0 radical (unpaired) electrons. The summed E-state index contributed by atoms with van der Waals surface area (Å²) in [6.07, 6.45) is 4.02. The molecule has 0 saturated carbocycles. The van der Waals surface area contributed by atoms with Gasteiger partial charge in [0.15, 0.2) is 0 Å². The summed E-state index contributed by atoms with van der Waals surface area (Å²) in [5.74, 6) is -1.08. The Morgan fingerprint density at radius 3 is 1.45 bits per heavy atom. The van der Waals surface area contributed by atoms with E-state index in [4.69, 9.17) is 9.47 Å². The van der Waals surface area contributed by atoms with Gasteiger partial charge in [-0.25, -0.2) is 9.59 Å². The van der Waals surface area contributed by atoms with Crippen LogP contribution in [0.4, 0.5) is 0 Å². The van der Waals surface area contributed by atoms with E-state index in [-0.39, 0.29) is 23.0 Å². The summed E-state index contributed by atoms with van der Waals surface area (Å²) < 4.78 is 10.1. The predicted molar refractivity (Wildman–Crippen MR) is 138 cm³/mol. The maximum Gasteiger partial charge on any atom is 0.328 e. The summed E-state index contributed by atoms with van der Waals surface area (Å²) in [7, 11) is 2.67. The zero-order valence-corrected chi connectivity index (χ0v) is 22.2. The van der Waals surface area contributed by atoms with Crippen LogP contribution in [0.25, 0.3) is 0 Å². The molecule has 10 heteroatoms. The number of hydrogen-bond donors (Lipinski definition) is 2. The molecule has 6 fully saturated rings. The highest BCUT2D eigenvalue weighted by Crippen LogP contribution is 2.36. The van der Waals surface area contributed by atoms with Gasteiger partial charge in [0.1, 0.15) is 12.1 Å². The lowest BCUT2D eigenvalue weighted by molar-refractivity contribution is -0.147. The zero-order valence-electron chi connectivity index (χ0n) is 22.2. The summed E-state index contributed by atoms with van der Waals surface area (Å²) >= 11 is 0. The minimum atomic E-state index is -0.751. The second kappa shape index (κ2) is 11.4. The van der Waals surface area contributed by atoms with E-state index < -0.39 is 35.8 Å². The third-order valence-corrected chi connectivity index (χ3v) is 9.14. The smallest absolute Gasteiger partial charge is 0.328 e. The van der Waals surface area contributed by atoms with E-state index in [0.717, 1.165) is 65.0 Å². The Hall–Kier alpha value is -2.98. The van der Waals surface area contributed by atoms with Gasteiger partial charge in [-0.2, -0.15) is 0 Å². The molecule has 10 nitrogen and oxygen atoms in total. The Morgan fingerprint density at radius 1 is 0.737 bits per heavy atom. The third-order valence-electron chi connectivity index (χ3n) is 9.14. The van der Waals surface area contributed by atoms with Crippen molar-refractivity contribution in [2.45, 2.75) is 37.8 Å². The van der Waals surface area contributed by atoms with Crippen molar-refractivity contribution in [3.63, 3.8) is 0 Å². The average Bonchev–Trinajstić information content (AvgIpc) is 2.98. The van der Waals surface area contributed by atoms with E-state index in [9.17, 15) is 19.2 Å². The number of methoxy groups -OCH3 is 2. The zero-order chi connectivity index (χ0) is 26.8. The second-order valence-electron chi connectivity index (χ2n) is 11.1. The number of carbonyl (C=O) groups is 4. The number of ether oxygens (including phenoxy) is 2. The van der Waals surface area contributed by atoms with Gasteiger partial charge in [0.25, 0.3) is 11.8 Å². The molecule has 1 aromatic carbocycles. The minimum Gasteiger partial charge on any atom is -0.467 e. The number of nitrogens with zero attached hydrogens (tertiary/aromatic N) is 2. The maximum atomic E-state index is 13.3. The van der Waals surface area contributed by atoms with Gasteiger partial charge in [-0.1, -0.05) is 6.07 Å². The predicted octanol–water partition coefficient (Wildman–Crippen LogP) is 0.913. The molecule has 1 aromatic rings. The first-order valence-corrected chi connectivity index (χ1v) is 13.7. The van der Waals surface area contributed by atoms with Gasteiger partial charge in [-0.3, -0.25) is 9.59 Å². The van der Waals surface area contributed by atoms with Crippen LogP contribution >= 0.6 is 0 Å². The number of benzene rings is 1. The van der Waals surface area contributed by atoms with Gasteiger partial charge in [-0.15, -0.1) is 0 Å². The Balaban J connectivity index is 1.29. The van der Waals surface area contributed by atoms with Crippen LogP contribution in [0, 0.1) is 23.7 Å². The molecule has 206 valence electrons. The summed E-state index contributed by atoms with van der Waals surface area (Å²) in [6.45, 7) is 5.58. The van der Waals surface area contributed by atoms with Crippen molar-refractivity contribution in [1.82, 2.24) is 20.4 Å². The molecule has 2 unspecified atom stereocenters. The van der Waals surface area contributed by atoms with E-state index in [0.29, 0.717) is 11.8 Å². The molecule has 6 aliphatic rings. The van der Waals surface area contributed by atoms with Crippen LogP contribution in [0.2, 0.25) is 0 Å². The topological polar surface area (TPSA) is 117 Å². The van der Waals surface area contributed by atoms with Crippen LogP contribution in [0.5, 0.6) is 0 Å². The molecule has 2 amide bonds. The van der Waals surface area contributed by atoms with Gasteiger partial charge >= 0.3 is 11.9 Å². The van der Waals surface area contributed by atoms with Gasteiger partial charge < -0.3 is 29.9 Å². The molecule has 0 aromatic heterocycles. The molecule has 2 N–H and O–H groups in total. The van der Waals surface area contributed by atoms with E-state index in [2.05, 4.69) is 20.4 Å². The molecule has 4 atom stereocenters. The van der Waals surface area contributed by atoms with Crippen molar-refractivity contribution < 1.29 is 28.7 Å². The largest absolute Gasteiger partial charge is 0.467 e. The molecule has 0 spiro atoms. The Kier molecular flexibility index (Phi) is 7.99. The van der Waals surface area contributed by atoms with Crippen LogP contribution in [-0.2, 0) is 19.1 Å². The van der Waals surface area contributed by atoms with Gasteiger partial charge in [0, 0.05) is 36.1 Å². The first-order chi connectivity index (χ1) is 18.4. The highest BCUT2D eigenvalue weighted by molar-refractivity contribution is 6.01. The number of amides is 2. The SMILES string of the molecule is COC(=O)C(NC(=O)c1cccc(C(=O)NC(C(=O)OC)[C@@H]2CN3CCC2CC3)c1)[C@@H]1CN2CCC1CC2. The molecule has 4 bridgehead atoms. The van der Waals surface area contributed by atoms with Crippen LogP contribution in [-0.4, -0.2) is 99.1 Å². The molecule has 0 aliphatic carbocycles. The summed E-state index contributed by atoms with van der Waals surface area (Å²) in [6, 6.07) is 4.86. The highest BCUT2D eigenvalue weighted by Gasteiger charge is 2.44. The minimum absolute atomic E-state index is 0.0113. The van der Waals surface area contributed by atoms with Crippen LogP contribution in [0.3, 0.4) is 0 Å². The molecular formula is C28H38N4O6. The summed E-state index contributed by atoms with van der Waals surface area (Å²) in [4.78, 5) is 56.5.